The smallest absolute Gasteiger partial charge is 0.333 e. The Balaban J connectivity index is 1.20. The zero-order valence-corrected chi connectivity index (χ0v) is 45.7. The molecule has 2 aliphatic heterocycles. The summed E-state index contributed by atoms with van der Waals surface area (Å²) in [5, 5.41) is 5.13. The number of nitrogens with zero attached hydrogens (tertiary/aromatic N) is 2. The lowest BCUT2D eigenvalue weighted by Crippen LogP contribution is -2.62. The highest BCUT2D eigenvalue weighted by atomic mass is 32.1. The second-order valence-corrected chi connectivity index (χ2v) is 27.9. The molecule has 5 aliphatic rings. The molecular formula is C67H69BN2OS. The molecule has 3 aliphatic carbocycles. The molecule has 0 amide bonds. The largest absolute Gasteiger partial charge is 0.456 e. The van der Waals surface area contributed by atoms with Crippen molar-refractivity contribution in [3.05, 3.63) is 148 Å². The van der Waals surface area contributed by atoms with Crippen LogP contribution >= 0.6 is 11.3 Å². The Hall–Kier alpha value is -5.78. The van der Waals surface area contributed by atoms with E-state index in [0.29, 0.717) is 0 Å². The van der Waals surface area contributed by atoms with Gasteiger partial charge in [0.25, 0.3) is 0 Å². The van der Waals surface area contributed by atoms with Gasteiger partial charge in [0.15, 0.2) is 0 Å². The molecule has 0 saturated carbocycles. The molecule has 72 heavy (non-hydrogen) atoms. The van der Waals surface area contributed by atoms with E-state index in [1.807, 2.05) is 11.3 Å². The number of hydrogen-bond donors (Lipinski definition) is 0. The summed E-state index contributed by atoms with van der Waals surface area (Å²) < 4.78 is 9.84. The molecule has 3 nitrogen and oxygen atoms in total. The van der Waals surface area contributed by atoms with Crippen LogP contribution in [0.15, 0.2) is 114 Å². The molecule has 0 fully saturated rings. The lowest BCUT2D eigenvalue weighted by molar-refractivity contribution is 0.332. The number of anilines is 5. The van der Waals surface area contributed by atoms with E-state index in [-0.39, 0.29) is 39.3 Å². The van der Waals surface area contributed by atoms with Crippen molar-refractivity contribution in [2.45, 2.75) is 161 Å². The highest BCUT2D eigenvalue weighted by Crippen LogP contribution is 2.58. The summed E-state index contributed by atoms with van der Waals surface area (Å²) in [6, 6.07) is 43.6. The Kier molecular flexibility index (Phi) is 8.91. The molecule has 2 aromatic heterocycles. The Labute approximate surface area is 431 Å². The number of benzene rings is 7. The van der Waals surface area contributed by atoms with Gasteiger partial charge in [-0.3, -0.25) is 0 Å². The number of furan rings is 1. The highest BCUT2D eigenvalue weighted by Gasteiger charge is 2.51. The van der Waals surface area contributed by atoms with Crippen molar-refractivity contribution >= 4 is 99.7 Å². The van der Waals surface area contributed by atoms with Gasteiger partial charge in [-0.2, -0.15) is 0 Å². The fraction of sp³-hybridized carbons (Fsp3) is 0.373. The van der Waals surface area contributed by atoms with Crippen LogP contribution in [0.3, 0.4) is 0 Å². The Bertz CT molecular complexity index is 3870. The molecule has 7 aromatic carbocycles. The number of fused-ring (bicyclic) bond motifs is 15. The quantitative estimate of drug-likeness (QED) is 0.161. The first-order valence-electron chi connectivity index (χ1n) is 27.1. The Morgan fingerprint density at radius 3 is 1.67 bits per heavy atom. The van der Waals surface area contributed by atoms with Gasteiger partial charge in [-0.1, -0.05) is 132 Å². The van der Waals surface area contributed by atoms with Crippen molar-refractivity contribution in [2.75, 3.05) is 9.71 Å². The molecule has 14 rings (SSSR count). The lowest BCUT2D eigenvalue weighted by Gasteiger charge is -2.49. The average molecular weight is 961 g/mol. The molecular weight excluding hydrogens is 892 g/mol. The first-order chi connectivity index (χ1) is 34.1. The van der Waals surface area contributed by atoms with E-state index in [2.05, 4.69) is 209 Å². The monoisotopic (exact) mass is 961 g/mol. The molecule has 9 aromatic rings. The van der Waals surface area contributed by atoms with Crippen molar-refractivity contribution in [1.29, 1.82) is 0 Å². The summed E-state index contributed by atoms with van der Waals surface area (Å²) in [6.07, 6.45) is 7.01. The summed E-state index contributed by atoms with van der Waals surface area (Å²) >= 11 is 1.94. The maximum Gasteiger partial charge on any atom is 0.333 e. The number of para-hydroxylation sites is 1. The first-order valence-corrected chi connectivity index (χ1v) is 27.9. The summed E-state index contributed by atoms with van der Waals surface area (Å²) in [5.41, 5.74) is 24.2. The SMILES string of the molecule is Cc1cc2c(cc1N1c3cc4oc5ccccc5c4c4c3B(c3c1ccc1sc5ccccc5c31)N(c1ccc3c(c1)C(C)(C)CCC3(C)C)c1cc3c(cc1-4)C(C)(C)CCC3(C)C)C(C)(C)CCC2(C)C. The van der Waals surface area contributed by atoms with Crippen LogP contribution < -0.4 is 20.6 Å². The van der Waals surface area contributed by atoms with Gasteiger partial charge in [-0.05, 0) is 199 Å². The van der Waals surface area contributed by atoms with Crippen molar-refractivity contribution in [2.24, 2.45) is 0 Å². The van der Waals surface area contributed by atoms with Crippen LogP contribution in [0.4, 0.5) is 28.4 Å². The molecule has 0 atom stereocenters. The van der Waals surface area contributed by atoms with Crippen LogP contribution in [0, 0.1) is 6.92 Å². The van der Waals surface area contributed by atoms with E-state index < -0.39 is 0 Å². The highest BCUT2D eigenvalue weighted by molar-refractivity contribution is 7.26. The van der Waals surface area contributed by atoms with Gasteiger partial charge in [-0.25, -0.2) is 0 Å². The number of thiophene rings is 1. The van der Waals surface area contributed by atoms with Gasteiger partial charge in [0.1, 0.15) is 11.2 Å². The number of aryl methyl sites for hydroxylation is 1. The second-order valence-electron chi connectivity index (χ2n) is 26.9. The van der Waals surface area contributed by atoms with Crippen molar-refractivity contribution in [3.8, 4) is 11.1 Å². The third-order valence-corrected chi connectivity index (χ3v) is 20.7. The molecule has 0 saturated heterocycles. The molecule has 4 heterocycles. The van der Waals surface area contributed by atoms with Crippen LogP contribution in [0.2, 0.25) is 0 Å². The molecule has 0 bridgehead atoms. The number of rotatable bonds is 2. The predicted molar refractivity (Wildman–Crippen MR) is 311 cm³/mol. The molecule has 362 valence electrons. The molecule has 5 heteroatoms. The van der Waals surface area contributed by atoms with Crippen LogP contribution in [0.25, 0.3) is 53.2 Å². The minimum absolute atomic E-state index is 0.0105. The van der Waals surface area contributed by atoms with E-state index in [1.165, 1.54) is 140 Å². The minimum atomic E-state index is -0.155. The average Bonchev–Trinajstić information content (AvgIpc) is 3.91. The van der Waals surface area contributed by atoms with Gasteiger partial charge in [0, 0.05) is 60.2 Å². The lowest BCUT2D eigenvalue weighted by atomic mass is 9.42. The zero-order chi connectivity index (χ0) is 50.0. The summed E-state index contributed by atoms with van der Waals surface area (Å²) in [4.78, 5) is 5.54. The van der Waals surface area contributed by atoms with E-state index in [1.54, 1.807) is 0 Å². The minimum Gasteiger partial charge on any atom is -0.456 e. The fourth-order valence-corrected chi connectivity index (χ4v) is 16.0. The maximum atomic E-state index is 7.17. The predicted octanol–water partition coefficient (Wildman–Crippen LogP) is 18.0. The molecule has 0 unspecified atom stereocenters. The topological polar surface area (TPSA) is 19.6 Å². The van der Waals surface area contributed by atoms with Gasteiger partial charge >= 0.3 is 6.85 Å². The van der Waals surface area contributed by atoms with E-state index in [4.69, 9.17) is 4.42 Å². The maximum absolute atomic E-state index is 7.17. The molecule has 0 spiro atoms. The Morgan fingerprint density at radius 1 is 0.444 bits per heavy atom. The first kappa shape index (κ1) is 44.9. The fourth-order valence-electron chi connectivity index (χ4n) is 14.8. The van der Waals surface area contributed by atoms with E-state index >= 15 is 0 Å². The summed E-state index contributed by atoms with van der Waals surface area (Å²) in [7, 11) is 0. The van der Waals surface area contributed by atoms with Crippen LogP contribution in [0.1, 0.15) is 161 Å². The van der Waals surface area contributed by atoms with Crippen molar-refractivity contribution in [1.82, 2.24) is 0 Å². The van der Waals surface area contributed by atoms with Gasteiger partial charge in [0.05, 0.1) is 0 Å². The third-order valence-electron chi connectivity index (χ3n) is 19.6. The summed E-state index contributed by atoms with van der Waals surface area (Å²) in [5.74, 6) is 0. The third kappa shape index (κ3) is 5.98. The Morgan fingerprint density at radius 2 is 1.00 bits per heavy atom. The van der Waals surface area contributed by atoms with Gasteiger partial charge in [0.2, 0.25) is 0 Å². The molecule has 0 N–H and O–H groups in total. The van der Waals surface area contributed by atoms with Gasteiger partial charge < -0.3 is 14.1 Å². The normalized spacial score (nSPS) is 20.3. The zero-order valence-electron chi connectivity index (χ0n) is 44.9. The van der Waals surface area contributed by atoms with Crippen LogP contribution in [-0.4, -0.2) is 6.85 Å². The van der Waals surface area contributed by atoms with E-state index in [9.17, 15) is 0 Å². The van der Waals surface area contributed by atoms with Crippen LogP contribution in [0.5, 0.6) is 0 Å². The molecule has 0 radical (unpaired) electrons. The number of hydrogen-bond acceptors (Lipinski definition) is 4. The van der Waals surface area contributed by atoms with Crippen LogP contribution in [-0.2, 0) is 32.5 Å². The van der Waals surface area contributed by atoms with E-state index in [0.717, 1.165) is 30.4 Å². The van der Waals surface area contributed by atoms with Gasteiger partial charge in [-0.15, -0.1) is 11.3 Å². The van der Waals surface area contributed by atoms with Crippen molar-refractivity contribution in [3.63, 3.8) is 0 Å². The summed E-state index contributed by atoms with van der Waals surface area (Å²) in [6.45, 7) is 32.0. The van der Waals surface area contributed by atoms with Crippen molar-refractivity contribution < 1.29 is 4.42 Å². The second kappa shape index (κ2) is 14.3. The standard InChI is InChI=1S/C67H69BN2OS/c1-38-32-44-47(66(10,11)30-28-63(44,4)5)35-50(38)69-49-24-25-56-58(41-19-15-17-21-55(41)72-56)60(49)68-61-52(69)37-54-57(40-18-14-16-20-53(40)71-54)59(61)42-34-46-48(67(12,13)31-29-65(46,8)9)36-51(42)70(68)39-22-23-43-45(33-39)64(6,7)27-26-62(43,2)3/h14-25,32-37H,26-31H2,1-13H3.